The third kappa shape index (κ3) is 3.98. The topological polar surface area (TPSA) is 98.7 Å². The minimum Gasteiger partial charge on any atom is -0.507 e. The number of rotatable bonds is 3. The molecule has 118 valence electrons. The molecule has 2 N–H and O–H groups in total. The van der Waals surface area contributed by atoms with E-state index in [2.05, 4.69) is 10.1 Å². The average Bonchev–Trinajstić information content (AvgIpc) is 2.49. The highest BCUT2D eigenvalue weighted by Crippen LogP contribution is 2.26. The van der Waals surface area contributed by atoms with Crippen molar-refractivity contribution < 1.29 is 15.1 Å². The number of oxime groups is 1. The van der Waals surface area contributed by atoms with Crippen molar-refractivity contribution in [1.29, 1.82) is 5.26 Å². The van der Waals surface area contributed by atoms with E-state index in [9.17, 15) is 10.2 Å². The Balaban J connectivity index is 2.64. The molecule has 6 nitrogen and oxygen atoms in total. The predicted octanol–water partition coefficient (Wildman–Crippen LogP) is 2.93. The Morgan fingerprint density at radius 1 is 1.22 bits per heavy atom. The predicted molar refractivity (Wildman–Crippen MR) is 85.2 cm³/mol. The number of phenols is 1. The van der Waals surface area contributed by atoms with Crippen LogP contribution in [-0.4, -0.2) is 26.5 Å². The lowest BCUT2D eigenvalue weighted by Crippen LogP contribution is -2.18. The van der Waals surface area contributed by atoms with Crippen molar-refractivity contribution in [3.63, 3.8) is 0 Å². The molecule has 0 saturated carbocycles. The maximum atomic E-state index is 10.1. The maximum Gasteiger partial charge on any atom is 0.143 e. The molecule has 23 heavy (non-hydrogen) atoms. The molecule has 0 fully saturated rings. The van der Waals surface area contributed by atoms with Crippen LogP contribution in [-0.2, 0) is 4.84 Å². The molecule has 0 bridgehead atoms. The summed E-state index contributed by atoms with van der Waals surface area (Å²) in [5.41, 5.74) is 0.326. The third-order valence-electron chi connectivity index (χ3n) is 2.80. The summed E-state index contributed by atoms with van der Waals surface area (Å²) in [4.78, 5) is 9.52. The van der Waals surface area contributed by atoms with Crippen LogP contribution in [0.25, 0.3) is 0 Å². The zero-order chi connectivity index (χ0) is 17.0. The number of nitriles is 1. The second kappa shape index (κ2) is 6.36. The molecule has 0 aliphatic rings. The molecule has 2 rings (SSSR count). The summed E-state index contributed by atoms with van der Waals surface area (Å²) in [6.45, 7) is 5.45. The van der Waals surface area contributed by atoms with Crippen molar-refractivity contribution in [2.45, 2.75) is 26.4 Å². The first kappa shape index (κ1) is 16.3. The van der Waals surface area contributed by atoms with Gasteiger partial charge in [-0.25, -0.2) is 0 Å². The van der Waals surface area contributed by atoms with Gasteiger partial charge >= 0.3 is 0 Å². The molecule has 0 saturated heterocycles. The molecule has 0 amide bonds. The number of hydrogen-bond acceptors (Lipinski definition) is 6. The van der Waals surface area contributed by atoms with E-state index in [1.54, 1.807) is 6.07 Å². The summed E-state index contributed by atoms with van der Waals surface area (Å²) in [6.07, 6.45) is 1.49. The van der Waals surface area contributed by atoms with Gasteiger partial charge in [0.1, 0.15) is 28.5 Å². The number of aromatic nitrogens is 1. The normalized spacial score (nSPS) is 11.8. The zero-order valence-corrected chi connectivity index (χ0v) is 13.1. The van der Waals surface area contributed by atoms with Crippen LogP contribution in [0.2, 0.25) is 0 Å². The highest BCUT2D eigenvalue weighted by atomic mass is 16.6. The van der Waals surface area contributed by atoms with Crippen molar-refractivity contribution in [3.05, 3.63) is 53.3 Å². The van der Waals surface area contributed by atoms with Gasteiger partial charge in [0.05, 0.1) is 11.6 Å². The zero-order valence-electron chi connectivity index (χ0n) is 13.1. The maximum absolute atomic E-state index is 10.1. The molecular weight excluding hydrogens is 294 g/mol. The summed E-state index contributed by atoms with van der Waals surface area (Å²) in [7, 11) is 0. The summed E-state index contributed by atoms with van der Waals surface area (Å²) in [6, 6.07) is 9.37. The lowest BCUT2D eigenvalue weighted by atomic mass is 10.0. The van der Waals surface area contributed by atoms with E-state index in [1.807, 2.05) is 26.8 Å². The Kier molecular flexibility index (Phi) is 4.51. The van der Waals surface area contributed by atoms with Gasteiger partial charge in [0.15, 0.2) is 0 Å². The quantitative estimate of drug-likeness (QED) is 0.670. The number of phenolic OH excluding ortho intramolecular Hbond substituents is 1. The van der Waals surface area contributed by atoms with E-state index >= 15 is 0 Å². The minimum absolute atomic E-state index is 0.0923. The molecule has 0 radical (unpaired) electrons. The highest BCUT2D eigenvalue weighted by Gasteiger charge is 2.20. The van der Waals surface area contributed by atoms with Crippen molar-refractivity contribution in [3.8, 4) is 17.6 Å². The Hall–Kier alpha value is -3.07. The van der Waals surface area contributed by atoms with E-state index in [-0.39, 0.29) is 28.5 Å². The second-order valence-corrected chi connectivity index (χ2v) is 5.86. The van der Waals surface area contributed by atoms with E-state index < -0.39 is 5.60 Å². The van der Waals surface area contributed by atoms with Gasteiger partial charge in [0, 0.05) is 11.8 Å². The Morgan fingerprint density at radius 2 is 1.96 bits per heavy atom. The molecule has 0 unspecified atom stereocenters. The first-order valence-corrected chi connectivity index (χ1v) is 6.96. The molecule has 1 aromatic heterocycles. The molecule has 0 aliphatic carbocycles. The van der Waals surface area contributed by atoms with Gasteiger partial charge < -0.3 is 15.1 Å². The number of aromatic hydroxyl groups is 2. The Morgan fingerprint density at radius 3 is 2.57 bits per heavy atom. The molecule has 0 aliphatic heterocycles. The summed E-state index contributed by atoms with van der Waals surface area (Å²) in [5, 5.41) is 33.3. The number of pyridine rings is 1. The average molecular weight is 311 g/mol. The fourth-order valence-electron chi connectivity index (χ4n) is 1.78. The van der Waals surface area contributed by atoms with E-state index in [0.717, 1.165) is 0 Å². The number of hydrogen-bond donors (Lipinski definition) is 2. The summed E-state index contributed by atoms with van der Waals surface area (Å²) in [5.74, 6) is -0.198. The first-order valence-electron chi connectivity index (χ1n) is 6.96. The minimum atomic E-state index is -0.571. The standard InChI is InChI=1S/C17H17N3O3/c1-17(2,3)23-20-15(16-14(22)5-4-8-19-16)12-9-11(10-18)6-7-13(12)21/h4-9,21-22H,1-3H3/b20-15-. The van der Waals surface area contributed by atoms with Crippen LogP contribution in [0.1, 0.15) is 37.6 Å². The van der Waals surface area contributed by atoms with Crippen LogP contribution in [0.3, 0.4) is 0 Å². The smallest absolute Gasteiger partial charge is 0.143 e. The summed E-state index contributed by atoms with van der Waals surface area (Å²) >= 11 is 0. The number of nitrogens with zero attached hydrogens (tertiary/aromatic N) is 3. The van der Waals surface area contributed by atoms with Gasteiger partial charge in [-0.1, -0.05) is 5.16 Å². The van der Waals surface area contributed by atoms with Crippen LogP contribution in [0, 0.1) is 11.3 Å². The van der Waals surface area contributed by atoms with Gasteiger partial charge in [-0.15, -0.1) is 0 Å². The van der Waals surface area contributed by atoms with Crippen molar-refractivity contribution in [2.24, 2.45) is 5.16 Å². The van der Waals surface area contributed by atoms with Crippen LogP contribution in [0.5, 0.6) is 11.5 Å². The van der Waals surface area contributed by atoms with Gasteiger partial charge in [-0.3, -0.25) is 4.98 Å². The van der Waals surface area contributed by atoms with Gasteiger partial charge in [0.25, 0.3) is 0 Å². The fourth-order valence-corrected chi connectivity index (χ4v) is 1.78. The van der Waals surface area contributed by atoms with Gasteiger partial charge in [-0.2, -0.15) is 5.26 Å². The van der Waals surface area contributed by atoms with E-state index in [4.69, 9.17) is 10.1 Å². The third-order valence-corrected chi connectivity index (χ3v) is 2.80. The Labute approximate surface area is 134 Å². The second-order valence-electron chi connectivity index (χ2n) is 5.86. The first-order chi connectivity index (χ1) is 10.8. The van der Waals surface area contributed by atoms with Crippen molar-refractivity contribution >= 4 is 5.71 Å². The molecule has 6 heteroatoms. The van der Waals surface area contributed by atoms with Gasteiger partial charge in [0.2, 0.25) is 0 Å². The van der Waals surface area contributed by atoms with Gasteiger partial charge in [-0.05, 0) is 51.1 Å². The fraction of sp³-hybridized carbons (Fsp3) is 0.235. The van der Waals surface area contributed by atoms with Crippen LogP contribution >= 0.6 is 0 Å². The largest absolute Gasteiger partial charge is 0.507 e. The molecule has 1 aromatic carbocycles. The van der Waals surface area contributed by atoms with Crippen molar-refractivity contribution in [2.75, 3.05) is 0 Å². The van der Waals surface area contributed by atoms with Crippen LogP contribution in [0.4, 0.5) is 0 Å². The molecule has 0 atom stereocenters. The van der Waals surface area contributed by atoms with Crippen molar-refractivity contribution in [1.82, 2.24) is 4.98 Å². The SMILES string of the molecule is CC(C)(C)O/N=C(/c1cc(C#N)ccc1O)c1ncccc1O. The van der Waals surface area contributed by atoms with Crippen LogP contribution in [0.15, 0.2) is 41.7 Å². The Bertz CT molecular complexity index is 786. The lowest BCUT2D eigenvalue weighted by Gasteiger charge is -2.17. The van der Waals surface area contributed by atoms with Crippen LogP contribution < -0.4 is 0 Å². The molecule has 1 heterocycles. The molecule has 2 aromatic rings. The summed E-state index contributed by atoms with van der Waals surface area (Å²) < 4.78 is 0. The molecular formula is C17H17N3O3. The lowest BCUT2D eigenvalue weighted by molar-refractivity contribution is 0.00109. The monoisotopic (exact) mass is 311 g/mol. The highest BCUT2D eigenvalue weighted by molar-refractivity contribution is 6.14. The number of benzene rings is 1. The molecule has 0 spiro atoms. The van der Waals surface area contributed by atoms with E-state index in [0.29, 0.717) is 5.56 Å². The van der Waals surface area contributed by atoms with E-state index in [1.165, 1.54) is 30.5 Å².